The zero-order chi connectivity index (χ0) is 13.7. The third-order valence-corrected chi connectivity index (χ3v) is 2.95. The SMILES string of the molecule is CC[C@H](O)c1ccc(N(CC(N)=O)C(C)C)cc1. The molecule has 0 aliphatic heterocycles. The molecule has 0 aliphatic rings. The molecule has 0 fully saturated rings. The monoisotopic (exact) mass is 250 g/mol. The Morgan fingerprint density at radius 1 is 1.33 bits per heavy atom. The van der Waals surface area contributed by atoms with Crippen LogP contribution in [-0.4, -0.2) is 23.6 Å². The average Bonchev–Trinajstić information content (AvgIpc) is 2.34. The highest BCUT2D eigenvalue weighted by molar-refractivity contribution is 5.79. The van der Waals surface area contributed by atoms with Crippen LogP contribution < -0.4 is 10.6 Å². The number of anilines is 1. The van der Waals surface area contributed by atoms with E-state index in [4.69, 9.17) is 5.73 Å². The molecule has 0 aromatic heterocycles. The molecule has 0 saturated carbocycles. The van der Waals surface area contributed by atoms with Crippen LogP contribution in [0.3, 0.4) is 0 Å². The number of aliphatic hydroxyl groups is 1. The molecule has 0 unspecified atom stereocenters. The standard InChI is InChI=1S/C14H22N2O2/c1-4-13(17)11-5-7-12(8-6-11)16(10(2)3)9-14(15)18/h5-8,10,13,17H,4,9H2,1-3H3,(H2,15,18)/t13-/m0/s1. The molecular weight excluding hydrogens is 228 g/mol. The highest BCUT2D eigenvalue weighted by Crippen LogP contribution is 2.22. The Balaban J connectivity index is 2.90. The normalized spacial score (nSPS) is 12.5. The highest BCUT2D eigenvalue weighted by atomic mass is 16.3. The van der Waals surface area contributed by atoms with Gasteiger partial charge < -0.3 is 15.7 Å². The van der Waals surface area contributed by atoms with E-state index in [1.165, 1.54) is 0 Å². The van der Waals surface area contributed by atoms with Crippen LogP contribution in [0.4, 0.5) is 5.69 Å². The van der Waals surface area contributed by atoms with Crippen LogP contribution in [-0.2, 0) is 4.79 Å². The van der Waals surface area contributed by atoms with Crippen molar-refractivity contribution in [3.8, 4) is 0 Å². The molecule has 1 amide bonds. The van der Waals surface area contributed by atoms with Crippen molar-refractivity contribution in [2.45, 2.75) is 39.3 Å². The van der Waals surface area contributed by atoms with Crippen molar-refractivity contribution in [1.29, 1.82) is 0 Å². The summed E-state index contributed by atoms with van der Waals surface area (Å²) in [7, 11) is 0. The quantitative estimate of drug-likeness (QED) is 0.809. The number of benzene rings is 1. The fourth-order valence-corrected chi connectivity index (χ4v) is 1.86. The molecule has 1 aromatic rings. The van der Waals surface area contributed by atoms with Gasteiger partial charge in [-0.2, -0.15) is 0 Å². The van der Waals surface area contributed by atoms with Gasteiger partial charge in [0, 0.05) is 11.7 Å². The first-order chi connectivity index (χ1) is 8.45. The number of primary amides is 1. The van der Waals surface area contributed by atoms with Gasteiger partial charge in [-0.1, -0.05) is 19.1 Å². The number of carbonyl (C=O) groups excluding carboxylic acids is 1. The van der Waals surface area contributed by atoms with Gasteiger partial charge >= 0.3 is 0 Å². The summed E-state index contributed by atoms with van der Waals surface area (Å²) in [5, 5.41) is 9.73. The average molecular weight is 250 g/mol. The van der Waals surface area contributed by atoms with E-state index < -0.39 is 6.10 Å². The van der Waals surface area contributed by atoms with Crippen LogP contribution in [0.2, 0.25) is 0 Å². The minimum absolute atomic E-state index is 0.194. The molecule has 0 saturated heterocycles. The molecule has 0 radical (unpaired) electrons. The van der Waals surface area contributed by atoms with Crippen LogP contribution in [0.1, 0.15) is 38.9 Å². The van der Waals surface area contributed by atoms with E-state index in [2.05, 4.69) is 0 Å². The van der Waals surface area contributed by atoms with Crippen molar-refractivity contribution in [2.24, 2.45) is 5.73 Å². The summed E-state index contributed by atoms with van der Waals surface area (Å²) in [5.74, 6) is -0.346. The van der Waals surface area contributed by atoms with Gasteiger partial charge in [0.1, 0.15) is 0 Å². The van der Waals surface area contributed by atoms with Crippen molar-refractivity contribution in [2.75, 3.05) is 11.4 Å². The lowest BCUT2D eigenvalue weighted by Crippen LogP contribution is -2.38. The Morgan fingerprint density at radius 2 is 1.89 bits per heavy atom. The summed E-state index contributed by atoms with van der Waals surface area (Å²) in [6.45, 7) is 6.16. The van der Waals surface area contributed by atoms with Crippen LogP contribution in [0.25, 0.3) is 0 Å². The van der Waals surface area contributed by atoms with Crippen molar-refractivity contribution in [1.82, 2.24) is 0 Å². The molecule has 100 valence electrons. The van der Waals surface area contributed by atoms with Crippen LogP contribution in [0.15, 0.2) is 24.3 Å². The van der Waals surface area contributed by atoms with Crippen LogP contribution in [0, 0.1) is 0 Å². The predicted octanol–water partition coefficient (Wildman–Crippen LogP) is 1.83. The number of nitrogens with two attached hydrogens (primary N) is 1. The van der Waals surface area contributed by atoms with Crippen molar-refractivity contribution >= 4 is 11.6 Å². The van der Waals surface area contributed by atoms with Crippen molar-refractivity contribution in [3.05, 3.63) is 29.8 Å². The predicted molar refractivity (Wildman–Crippen MR) is 73.4 cm³/mol. The molecule has 1 aromatic carbocycles. The summed E-state index contributed by atoms with van der Waals surface area (Å²) in [4.78, 5) is 13.0. The van der Waals surface area contributed by atoms with Gasteiger partial charge in [-0.25, -0.2) is 0 Å². The van der Waals surface area contributed by atoms with Gasteiger partial charge in [0.2, 0.25) is 5.91 Å². The maximum atomic E-state index is 11.0. The van der Waals surface area contributed by atoms with E-state index in [9.17, 15) is 9.90 Å². The molecule has 0 aliphatic carbocycles. The van der Waals surface area contributed by atoms with Gasteiger partial charge in [-0.3, -0.25) is 4.79 Å². The summed E-state index contributed by atoms with van der Waals surface area (Å²) in [6, 6.07) is 7.80. The Bertz CT molecular complexity index is 387. The molecule has 4 nitrogen and oxygen atoms in total. The van der Waals surface area contributed by atoms with Crippen molar-refractivity contribution in [3.63, 3.8) is 0 Å². The molecule has 1 rings (SSSR count). The Morgan fingerprint density at radius 3 is 2.28 bits per heavy atom. The first-order valence-electron chi connectivity index (χ1n) is 6.28. The van der Waals surface area contributed by atoms with E-state index in [0.717, 1.165) is 11.3 Å². The lowest BCUT2D eigenvalue weighted by molar-refractivity contribution is -0.116. The number of aliphatic hydroxyl groups excluding tert-OH is 1. The zero-order valence-electron chi connectivity index (χ0n) is 11.3. The van der Waals surface area contributed by atoms with Gasteiger partial charge in [0.25, 0.3) is 0 Å². The maximum Gasteiger partial charge on any atom is 0.236 e. The van der Waals surface area contributed by atoms with E-state index in [-0.39, 0.29) is 18.5 Å². The second-order valence-corrected chi connectivity index (χ2v) is 4.70. The number of rotatable bonds is 6. The smallest absolute Gasteiger partial charge is 0.236 e. The van der Waals surface area contributed by atoms with Gasteiger partial charge in [-0.15, -0.1) is 0 Å². The van der Waals surface area contributed by atoms with E-state index in [0.29, 0.717) is 6.42 Å². The minimum Gasteiger partial charge on any atom is -0.388 e. The third kappa shape index (κ3) is 3.74. The van der Waals surface area contributed by atoms with Gasteiger partial charge in [-0.05, 0) is 38.0 Å². The molecule has 18 heavy (non-hydrogen) atoms. The number of hydrogen-bond acceptors (Lipinski definition) is 3. The molecule has 3 N–H and O–H groups in total. The number of hydrogen-bond donors (Lipinski definition) is 2. The zero-order valence-corrected chi connectivity index (χ0v) is 11.3. The fourth-order valence-electron chi connectivity index (χ4n) is 1.86. The van der Waals surface area contributed by atoms with Crippen molar-refractivity contribution < 1.29 is 9.90 Å². The Labute approximate surface area is 108 Å². The van der Waals surface area contributed by atoms with Gasteiger partial charge in [0.05, 0.1) is 12.6 Å². The molecule has 0 heterocycles. The lowest BCUT2D eigenvalue weighted by Gasteiger charge is -2.28. The first-order valence-corrected chi connectivity index (χ1v) is 6.28. The molecule has 0 spiro atoms. The van der Waals surface area contributed by atoms with Gasteiger partial charge in [0.15, 0.2) is 0 Å². The molecule has 0 bridgehead atoms. The van der Waals surface area contributed by atoms with E-state index >= 15 is 0 Å². The van der Waals surface area contributed by atoms with E-state index in [1.807, 2.05) is 49.9 Å². The highest BCUT2D eigenvalue weighted by Gasteiger charge is 2.13. The van der Waals surface area contributed by atoms with Crippen LogP contribution in [0.5, 0.6) is 0 Å². The number of nitrogens with zero attached hydrogens (tertiary/aromatic N) is 1. The lowest BCUT2D eigenvalue weighted by atomic mass is 10.1. The second-order valence-electron chi connectivity index (χ2n) is 4.70. The minimum atomic E-state index is -0.428. The van der Waals surface area contributed by atoms with E-state index in [1.54, 1.807) is 0 Å². The summed E-state index contributed by atoms with van der Waals surface area (Å²) in [6.07, 6.45) is 0.261. The molecule has 4 heteroatoms. The largest absolute Gasteiger partial charge is 0.388 e. The number of amides is 1. The van der Waals surface area contributed by atoms with Crippen LogP contribution >= 0.6 is 0 Å². The molecule has 1 atom stereocenters. The number of carbonyl (C=O) groups is 1. The Kier molecular flexibility index (Phi) is 5.16. The summed E-state index contributed by atoms with van der Waals surface area (Å²) in [5.41, 5.74) is 7.08. The second kappa shape index (κ2) is 6.40. The third-order valence-electron chi connectivity index (χ3n) is 2.95. The topological polar surface area (TPSA) is 66.6 Å². The Hall–Kier alpha value is -1.55. The maximum absolute atomic E-state index is 11.0. The first kappa shape index (κ1) is 14.5. The molecular formula is C14H22N2O2. The summed E-state index contributed by atoms with van der Waals surface area (Å²) < 4.78 is 0. The fraction of sp³-hybridized carbons (Fsp3) is 0.500. The summed E-state index contributed by atoms with van der Waals surface area (Å²) >= 11 is 0.